The highest BCUT2D eigenvalue weighted by Gasteiger charge is 2.29. The van der Waals surface area contributed by atoms with Crippen LogP contribution in [0.2, 0.25) is 5.02 Å². The summed E-state index contributed by atoms with van der Waals surface area (Å²) in [7, 11) is 3.08. The molecule has 10 heteroatoms. The van der Waals surface area contributed by atoms with Crippen molar-refractivity contribution in [2.24, 2.45) is 9.98 Å². The van der Waals surface area contributed by atoms with Crippen LogP contribution in [0.15, 0.2) is 70.6 Å². The van der Waals surface area contributed by atoms with E-state index < -0.39 is 16.7 Å². The number of fused-ring (bicyclic) bond motifs is 1. The van der Waals surface area contributed by atoms with E-state index in [9.17, 15) is 14.9 Å². The normalized spacial score (nSPS) is 14.7. The van der Waals surface area contributed by atoms with E-state index in [0.29, 0.717) is 28.6 Å². The van der Waals surface area contributed by atoms with Gasteiger partial charge >= 0.3 is 0 Å². The molecule has 3 aromatic carbocycles. The van der Waals surface area contributed by atoms with Crippen molar-refractivity contribution in [1.29, 1.82) is 0 Å². The predicted molar refractivity (Wildman–Crippen MR) is 134 cm³/mol. The zero-order valence-corrected chi connectivity index (χ0v) is 19.9. The second-order valence-corrected chi connectivity index (χ2v) is 8.01. The Morgan fingerprint density at radius 1 is 1.00 bits per heavy atom. The number of nitrogens with zero attached hydrogens (tertiary/aromatic N) is 3. The maximum atomic E-state index is 13.3. The monoisotopic (exact) mass is 492 g/mol. The number of rotatable bonds is 5. The molecule has 1 amide bonds. The maximum absolute atomic E-state index is 13.3. The van der Waals surface area contributed by atoms with Crippen molar-refractivity contribution in [3.63, 3.8) is 0 Å². The van der Waals surface area contributed by atoms with Crippen LogP contribution in [0.25, 0.3) is 0 Å². The van der Waals surface area contributed by atoms with Crippen LogP contribution in [0.1, 0.15) is 28.8 Å². The Hall–Kier alpha value is -4.24. The van der Waals surface area contributed by atoms with Crippen molar-refractivity contribution in [3.05, 3.63) is 86.9 Å². The number of aliphatic imine (C=N–C) groups is 2. The van der Waals surface area contributed by atoms with E-state index >= 15 is 0 Å². The quantitative estimate of drug-likeness (QED) is 0.367. The Balaban J connectivity index is 1.83. The zero-order chi connectivity index (χ0) is 25.1. The molecular formula is C25H21ClN4O5. The number of carbonyl (C=O) groups is 1. The van der Waals surface area contributed by atoms with Crippen LogP contribution in [-0.2, 0) is 0 Å². The number of hydrogen-bond donors (Lipinski definition) is 1. The first-order valence-electron chi connectivity index (χ1n) is 10.5. The minimum absolute atomic E-state index is 0.0400. The smallest absolute Gasteiger partial charge is 0.288 e. The van der Waals surface area contributed by atoms with Crippen molar-refractivity contribution in [2.75, 3.05) is 14.2 Å². The van der Waals surface area contributed by atoms with Crippen LogP contribution in [0.3, 0.4) is 0 Å². The number of ether oxygens (including phenoxy) is 2. The molecule has 0 saturated carbocycles. The molecule has 1 atom stereocenters. The van der Waals surface area contributed by atoms with Gasteiger partial charge in [-0.3, -0.25) is 19.9 Å². The lowest BCUT2D eigenvalue weighted by Crippen LogP contribution is -2.37. The van der Waals surface area contributed by atoms with Gasteiger partial charge in [-0.05, 0) is 42.8 Å². The number of methoxy groups -OCH3 is 2. The molecule has 1 aliphatic heterocycles. The summed E-state index contributed by atoms with van der Waals surface area (Å²) in [5.74, 6) is 0.162. The number of nitro benzene ring substituents is 1. The van der Waals surface area contributed by atoms with Gasteiger partial charge in [-0.2, -0.15) is 0 Å². The van der Waals surface area contributed by atoms with Gasteiger partial charge in [0.15, 0.2) is 11.5 Å². The Kier molecular flexibility index (Phi) is 6.79. The largest absolute Gasteiger partial charge is 0.493 e. The first kappa shape index (κ1) is 23.9. The van der Waals surface area contributed by atoms with Crippen molar-refractivity contribution < 1.29 is 19.2 Å². The van der Waals surface area contributed by atoms with Gasteiger partial charge in [0.2, 0.25) is 0 Å². The second kappa shape index (κ2) is 9.94. The van der Waals surface area contributed by atoms with Gasteiger partial charge in [0.05, 0.1) is 42.0 Å². The molecule has 0 fully saturated rings. The highest BCUT2D eigenvalue weighted by molar-refractivity contribution is 6.36. The topological polar surface area (TPSA) is 115 Å². The van der Waals surface area contributed by atoms with Gasteiger partial charge in [-0.15, -0.1) is 0 Å². The summed E-state index contributed by atoms with van der Waals surface area (Å²) in [6.07, 6.45) is 0. The molecule has 0 unspecified atom stereocenters. The fraction of sp³-hybridized carbons (Fsp3) is 0.160. The van der Waals surface area contributed by atoms with Gasteiger partial charge in [-0.25, -0.2) is 4.99 Å². The first-order chi connectivity index (χ1) is 16.8. The van der Waals surface area contributed by atoms with Crippen molar-refractivity contribution in [2.45, 2.75) is 12.8 Å². The van der Waals surface area contributed by atoms with E-state index in [2.05, 4.69) is 5.32 Å². The number of nitrogens with one attached hydrogen (secondary N) is 1. The molecule has 1 aliphatic rings. The Bertz CT molecular complexity index is 1390. The van der Waals surface area contributed by atoms with E-state index in [1.165, 1.54) is 25.3 Å². The molecule has 35 heavy (non-hydrogen) atoms. The molecule has 9 nitrogen and oxygen atoms in total. The van der Waals surface area contributed by atoms with Crippen molar-refractivity contribution in [1.82, 2.24) is 5.32 Å². The average Bonchev–Trinajstić information content (AvgIpc) is 2.98. The fourth-order valence-corrected chi connectivity index (χ4v) is 4.13. The third-order valence-electron chi connectivity index (χ3n) is 5.51. The molecule has 0 radical (unpaired) electrons. The number of benzene rings is 3. The molecule has 4 rings (SSSR count). The third-order valence-corrected chi connectivity index (χ3v) is 5.91. The maximum Gasteiger partial charge on any atom is 0.288 e. The standard InChI is InChI=1S/C25H21ClN4O5/c1-14-22(15-11-12-20(34-2)21(13-15)35-3)24(28-18-9-5-4-8-17(18)27-14)29-25(31)16-7-6-10-19(23(16)26)30(32)33/h4-13,22H,1-3H3,(H,28,29,31)/t22-/m1/s1. The van der Waals surface area contributed by atoms with Crippen LogP contribution >= 0.6 is 11.6 Å². The summed E-state index contributed by atoms with van der Waals surface area (Å²) < 4.78 is 10.8. The Morgan fingerprint density at radius 2 is 1.69 bits per heavy atom. The van der Waals surface area contributed by atoms with Gasteiger partial charge in [0, 0.05) is 11.8 Å². The molecule has 3 aromatic rings. The minimum Gasteiger partial charge on any atom is -0.493 e. The van der Waals surface area contributed by atoms with Gasteiger partial charge in [-0.1, -0.05) is 35.9 Å². The second-order valence-electron chi connectivity index (χ2n) is 7.64. The van der Waals surface area contributed by atoms with E-state index in [-0.39, 0.29) is 22.1 Å². The van der Waals surface area contributed by atoms with E-state index in [0.717, 1.165) is 5.56 Å². The van der Waals surface area contributed by atoms with Crippen LogP contribution in [0.4, 0.5) is 17.1 Å². The molecule has 1 heterocycles. The van der Waals surface area contributed by atoms with Crippen LogP contribution < -0.4 is 14.8 Å². The van der Waals surface area contributed by atoms with Gasteiger partial charge < -0.3 is 14.8 Å². The minimum atomic E-state index is -0.637. The lowest BCUT2D eigenvalue weighted by atomic mass is 9.92. The molecule has 0 saturated heterocycles. The summed E-state index contributed by atoms with van der Waals surface area (Å²) >= 11 is 6.19. The summed E-state index contributed by atoms with van der Waals surface area (Å²) in [6.45, 7) is 1.84. The number of para-hydroxylation sites is 2. The fourth-order valence-electron chi connectivity index (χ4n) is 3.85. The molecule has 0 aliphatic carbocycles. The highest BCUT2D eigenvalue weighted by Crippen LogP contribution is 2.37. The third kappa shape index (κ3) is 4.71. The average molecular weight is 493 g/mol. The van der Waals surface area contributed by atoms with E-state index in [1.54, 1.807) is 25.3 Å². The summed E-state index contributed by atoms with van der Waals surface area (Å²) in [5, 5.41) is 13.9. The number of amides is 1. The summed E-state index contributed by atoms with van der Waals surface area (Å²) in [6, 6.07) is 16.7. The molecule has 0 bridgehead atoms. The van der Waals surface area contributed by atoms with Gasteiger partial charge in [0.25, 0.3) is 11.6 Å². The number of carbonyl (C=O) groups excluding carboxylic acids is 1. The van der Waals surface area contributed by atoms with Gasteiger partial charge in [0.1, 0.15) is 10.9 Å². The van der Waals surface area contributed by atoms with Crippen molar-refractivity contribution in [3.8, 4) is 11.5 Å². The number of nitro groups is 1. The summed E-state index contributed by atoms with van der Waals surface area (Å²) in [4.78, 5) is 33.4. The number of amidine groups is 1. The highest BCUT2D eigenvalue weighted by atomic mass is 35.5. The lowest BCUT2D eigenvalue weighted by Gasteiger charge is -2.21. The molecule has 1 N–H and O–H groups in total. The van der Waals surface area contributed by atoms with Crippen LogP contribution in [-0.4, -0.2) is 36.6 Å². The number of hydrogen-bond acceptors (Lipinski definition) is 7. The van der Waals surface area contributed by atoms with Crippen molar-refractivity contribution >= 4 is 46.1 Å². The van der Waals surface area contributed by atoms with E-state index in [1.807, 2.05) is 31.2 Å². The Morgan fingerprint density at radius 3 is 2.34 bits per heavy atom. The molecule has 178 valence electrons. The lowest BCUT2D eigenvalue weighted by molar-refractivity contribution is -0.384. The molecule has 0 spiro atoms. The first-order valence-corrected chi connectivity index (χ1v) is 10.9. The Labute approximate surface area is 206 Å². The molecular weight excluding hydrogens is 472 g/mol. The summed E-state index contributed by atoms with van der Waals surface area (Å²) in [5.41, 5.74) is 2.24. The van der Waals surface area contributed by atoms with Crippen LogP contribution in [0, 0.1) is 10.1 Å². The predicted octanol–water partition coefficient (Wildman–Crippen LogP) is 5.62. The SMILES string of the molecule is COc1ccc([C@H]2C(C)=Nc3ccccc3N=C2NC(=O)c2cccc([N+](=O)[O-])c2Cl)cc1OC. The zero-order valence-electron chi connectivity index (χ0n) is 19.1. The van der Waals surface area contributed by atoms with E-state index in [4.69, 9.17) is 31.1 Å². The molecule has 0 aromatic heterocycles. The van der Waals surface area contributed by atoms with Crippen LogP contribution in [0.5, 0.6) is 11.5 Å². The number of halogens is 1.